The first-order valence-electron chi connectivity index (χ1n) is 4.67. The third kappa shape index (κ3) is 6.33. The number of halogens is 1. The summed E-state index contributed by atoms with van der Waals surface area (Å²) in [5.74, 6) is 0.627. The van der Waals surface area contributed by atoms with Crippen LogP contribution in [0.25, 0.3) is 0 Å². The van der Waals surface area contributed by atoms with Crippen LogP contribution in [-0.4, -0.2) is 5.67 Å². The van der Waals surface area contributed by atoms with Crippen molar-refractivity contribution < 1.29 is 4.39 Å². The fraction of sp³-hybridized carbons (Fsp3) is 1.00. The monoisotopic (exact) mass is 160 g/mol. The lowest BCUT2D eigenvalue weighted by molar-refractivity contribution is 0.150. The maximum atomic E-state index is 13.5. The molecule has 0 bridgehead atoms. The Balaban J connectivity index is 3.54. The molecule has 1 atom stereocenters. The lowest BCUT2D eigenvalue weighted by Crippen LogP contribution is -2.17. The zero-order valence-electron chi connectivity index (χ0n) is 8.28. The largest absolute Gasteiger partial charge is 0.244 e. The first-order valence-corrected chi connectivity index (χ1v) is 4.67. The summed E-state index contributed by atoms with van der Waals surface area (Å²) in [4.78, 5) is 0. The van der Waals surface area contributed by atoms with E-state index in [2.05, 4.69) is 13.8 Å². The molecule has 0 heterocycles. The van der Waals surface area contributed by atoms with Gasteiger partial charge in [0.25, 0.3) is 0 Å². The van der Waals surface area contributed by atoms with Crippen molar-refractivity contribution in [3.05, 3.63) is 0 Å². The molecule has 0 rings (SSSR count). The Bertz CT molecular complexity index is 95.0. The summed E-state index contributed by atoms with van der Waals surface area (Å²) in [7, 11) is 0. The molecule has 68 valence electrons. The van der Waals surface area contributed by atoms with Crippen molar-refractivity contribution in [2.45, 2.75) is 59.0 Å². The summed E-state index contributed by atoms with van der Waals surface area (Å²) in [5, 5.41) is 0. The zero-order chi connectivity index (χ0) is 8.91. The van der Waals surface area contributed by atoms with Crippen LogP contribution in [0.4, 0.5) is 4.39 Å². The van der Waals surface area contributed by atoms with Crippen LogP contribution < -0.4 is 0 Å². The van der Waals surface area contributed by atoms with E-state index >= 15 is 0 Å². The molecule has 1 unspecified atom stereocenters. The molecule has 0 aromatic heterocycles. The molecule has 0 aliphatic rings. The summed E-state index contributed by atoms with van der Waals surface area (Å²) >= 11 is 0. The highest BCUT2D eigenvalue weighted by Crippen LogP contribution is 2.25. The lowest BCUT2D eigenvalue weighted by Gasteiger charge is -2.20. The second kappa shape index (κ2) is 4.74. The fourth-order valence-electron chi connectivity index (χ4n) is 1.24. The van der Waals surface area contributed by atoms with E-state index in [0.717, 1.165) is 19.3 Å². The first kappa shape index (κ1) is 10.9. The highest BCUT2D eigenvalue weighted by Gasteiger charge is 2.21. The van der Waals surface area contributed by atoms with Crippen LogP contribution in [0, 0.1) is 5.92 Å². The van der Waals surface area contributed by atoms with Crippen LogP contribution >= 0.6 is 0 Å². The van der Waals surface area contributed by atoms with Crippen molar-refractivity contribution in [1.82, 2.24) is 0 Å². The number of hydrogen-bond acceptors (Lipinski definition) is 0. The van der Waals surface area contributed by atoms with Crippen molar-refractivity contribution >= 4 is 0 Å². The predicted molar refractivity (Wildman–Crippen MR) is 48.5 cm³/mol. The molecule has 0 spiro atoms. The SMILES string of the molecule is CCCC(C)(F)CCC(C)C. The lowest BCUT2D eigenvalue weighted by atomic mass is 9.93. The van der Waals surface area contributed by atoms with E-state index in [9.17, 15) is 4.39 Å². The Morgan fingerprint density at radius 3 is 2.18 bits per heavy atom. The topological polar surface area (TPSA) is 0 Å². The van der Waals surface area contributed by atoms with E-state index in [1.165, 1.54) is 0 Å². The van der Waals surface area contributed by atoms with E-state index < -0.39 is 5.67 Å². The van der Waals surface area contributed by atoms with Crippen LogP contribution in [0.2, 0.25) is 0 Å². The Labute approximate surface area is 70.2 Å². The van der Waals surface area contributed by atoms with Crippen molar-refractivity contribution in [3.63, 3.8) is 0 Å². The minimum absolute atomic E-state index is 0.627. The maximum absolute atomic E-state index is 13.5. The molecule has 0 aliphatic heterocycles. The van der Waals surface area contributed by atoms with E-state index in [1.807, 2.05) is 6.92 Å². The summed E-state index contributed by atoms with van der Waals surface area (Å²) in [5.41, 5.74) is -0.918. The van der Waals surface area contributed by atoms with Gasteiger partial charge in [0.15, 0.2) is 0 Å². The standard InChI is InChI=1S/C10H21F/c1-5-7-10(4,11)8-6-9(2)3/h9H,5-8H2,1-4H3. The maximum Gasteiger partial charge on any atom is 0.108 e. The quantitative estimate of drug-likeness (QED) is 0.571. The molecule has 0 nitrogen and oxygen atoms in total. The molecule has 0 saturated heterocycles. The molecular formula is C10H21F. The molecule has 0 fully saturated rings. The molecular weight excluding hydrogens is 139 g/mol. The molecule has 1 heteroatoms. The van der Waals surface area contributed by atoms with Gasteiger partial charge in [0.1, 0.15) is 5.67 Å². The Morgan fingerprint density at radius 2 is 1.82 bits per heavy atom. The zero-order valence-corrected chi connectivity index (χ0v) is 8.28. The molecule has 0 aromatic rings. The average molecular weight is 160 g/mol. The van der Waals surface area contributed by atoms with E-state index in [1.54, 1.807) is 6.92 Å². The van der Waals surface area contributed by atoms with Crippen molar-refractivity contribution in [2.24, 2.45) is 5.92 Å². The van der Waals surface area contributed by atoms with Gasteiger partial charge < -0.3 is 0 Å². The van der Waals surface area contributed by atoms with Gasteiger partial charge in [0.05, 0.1) is 0 Å². The summed E-state index contributed by atoms with van der Waals surface area (Å²) in [6, 6.07) is 0. The molecule has 0 N–H and O–H groups in total. The highest BCUT2D eigenvalue weighted by molar-refractivity contribution is 4.72. The van der Waals surface area contributed by atoms with Crippen LogP contribution in [0.15, 0.2) is 0 Å². The second-order valence-electron chi connectivity index (χ2n) is 4.10. The van der Waals surface area contributed by atoms with Gasteiger partial charge in [0.2, 0.25) is 0 Å². The smallest absolute Gasteiger partial charge is 0.108 e. The van der Waals surface area contributed by atoms with Gasteiger partial charge in [-0.05, 0) is 32.1 Å². The van der Waals surface area contributed by atoms with E-state index in [4.69, 9.17) is 0 Å². The Hall–Kier alpha value is -0.0700. The molecule has 0 aliphatic carbocycles. The predicted octanol–water partition coefficient (Wildman–Crippen LogP) is 3.95. The van der Waals surface area contributed by atoms with Gasteiger partial charge in [-0.25, -0.2) is 4.39 Å². The number of rotatable bonds is 5. The van der Waals surface area contributed by atoms with Gasteiger partial charge in [-0.15, -0.1) is 0 Å². The number of hydrogen-bond donors (Lipinski definition) is 0. The third-order valence-corrected chi connectivity index (χ3v) is 2.01. The third-order valence-electron chi connectivity index (χ3n) is 2.01. The first-order chi connectivity index (χ1) is 4.98. The number of alkyl halides is 1. The normalized spacial score (nSPS) is 16.9. The van der Waals surface area contributed by atoms with Crippen LogP contribution in [-0.2, 0) is 0 Å². The van der Waals surface area contributed by atoms with Gasteiger partial charge in [-0.1, -0.05) is 27.2 Å². The van der Waals surface area contributed by atoms with Crippen molar-refractivity contribution in [2.75, 3.05) is 0 Å². The average Bonchev–Trinajstić information content (AvgIpc) is 1.84. The second-order valence-corrected chi connectivity index (χ2v) is 4.10. The fourth-order valence-corrected chi connectivity index (χ4v) is 1.24. The highest BCUT2D eigenvalue weighted by atomic mass is 19.1. The van der Waals surface area contributed by atoms with Gasteiger partial charge in [0, 0.05) is 0 Å². The molecule has 0 amide bonds. The van der Waals surface area contributed by atoms with Gasteiger partial charge in [-0.3, -0.25) is 0 Å². The molecule has 0 radical (unpaired) electrons. The van der Waals surface area contributed by atoms with Crippen molar-refractivity contribution in [3.8, 4) is 0 Å². The molecule has 11 heavy (non-hydrogen) atoms. The summed E-state index contributed by atoms with van der Waals surface area (Å²) < 4.78 is 13.5. The summed E-state index contributed by atoms with van der Waals surface area (Å²) in [6.45, 7) is 8.04. The Morgan fingerprint density at radius 1 is 1.27 bits per heavy atom. The van der Waals surface area contributed by atoms with Crippen molar-refractivity contribution in [1.29, 1.82) is 0 Å². The van der Waals surface area contributed by atoms with E-state index in [-0.39, 0.29) is 0 Å². The van der Waals surface area contributed by atoms with Crippen LogP contribution in [0.3, 0.4) is 0 Å². The van der Waals surface area contributed by atoms with Gasteiger partial charge >= 0.3 is 0 Å². The van der Waals surface area contributed by atoms with E-state index in [0.29, 0.717) is 12.3 Å². The minimum Gasteiger partial charge on any atom is -0.244 e. The summed E-state index contributed by atoms with van der Waals surface area (Å²) in [6.07, 6.45) is 3.39. The molecule has 0 saturated carbocycles. The minimum atomic E-state index is -0.918. The van der Waals surface area contributed by atoms with Gasteiger partial charge in [-0.2, -0.15) is 0 Å². The van der Waals surface area contributed by atoms with Crippen LogP contribution in [0.5, 0.6) is 0 Å². The Kier molecular flexibility index (Phi) is 4.71. The van der Waals surface area contributed by atoms with Crippen LogP contribution in [0.1, 0.15) is 53.4 Å². The molecule has 0 aromatic carbocycles.